The molecule has 1 aliphatic heterocycles. The first-order valence-electron chi connectivity index (χ1n) is 6.82. The van der Waals surface area contributed by atoms with E-state index in [0.29, 0.717) is 5.56 Å². The smallest absolute Gasteiger partial charge is 0.256 e. The molecule has 0 spiro atoms. The molecule has 0 aromatic heterocycles. The quantitative estimate of drug-likeness (QED) is 0.902. The number of amides is 2. The molecule has 0 atom stereocenters. The number of likely N-dealkylation sites (N-methyl/N-ethyl adjacent to an activating group) is 2. The maximum atomic E-state index is 12.5. The molecule has 2 amide bonds. The topological polar surface area (TPSA) is 52.7 Å². The second-order valence-electron chi connectivity index (χ2n) is 5.32. The largest absolute Gasteiger partial charge is 0.384 e. The molecule has 0 radical (unpaired) electrons. The van der Waals surface area contributed by atoms with E-state index >= 15 is 0 Å². The molecule has 20 heavy (non-hydrogen) atoms. The average Bonchev–Trinajstić information content (AvgIpc) is 2.45. The van der Waals surface area contributed by atoms with E-state index < -0.39 is 0 Å². The highest BCUT2D eigenvalue weighted by Crippen LogP contribution is 2.26. The Balaban J connectivity index is 2.19. The molecule has 1 aromatic rings. The minimum atomic E-state index is -0.119. The predicted molar refractivity (Wildman–Crippen MR) is 78.9 cm³/mol. The van der Waals surface area contributed by atoms with Crippen LogP contribution in [0.5, 0.6) is 0 Å². The first kappa shape index (κ1) is 14.4. The summed E-state index contributed by atoms with van der Waals surface area (Å²) >= 11 is 0. The van der Waals surface area contributed by atoms with Gasteiger partial charge < -0.3 is 15.1 Å². The Hall–Kier alpha value is -2.04. The zero-order valence-corrected chi connectivity index (χ0v) is 12.3. The van der Waals surface area contributed by atoms with Gasteiger partial charge in [-0.15, -0.1) is 0 Å². The molecule has 1 N–H and O–H groups in total. The van der Waals surface area contributed by atoms with Gasteiger partial charge in [-0.25, -0.2) is 0 Å². The molecule has 0 fully saturated rings. The Kier molecular flexibility index (Phi) is 4.27. The van der Waals surface area contributed by atoms with Crippen LogP contribution in [0.2, 0.25) is 0 Å². The lowest BCUT2D eigenvalue weighted by Crippen LogP contribution is -2.38. The summed E-state index contributed by atoms with van der Waals surface area (Å²) in [5.41, 5.74) is 2.75. The van der Waals surface area contributed by atoms with Crippen molar-refractivity contribution in [2.45, 2.75) is 12.8 Å². The molecular formula is C15H21N3O2. The lowest BCUT2D eigenvalue weighted by Gasteiger charge is -2.24. The maximum absolute atomic E-state index is 12.5. The highest BCUT2D eigenvalue weighted by Gasteiger charge is 2.21. The molecule has 0 bridgehead atoms. The Bertz CT molecular complexity index is 526. The summed E-state index contributed by atoms with van der Waals surface area (Å²) < 4.78 is 0. The normalized spacial score (nSPS) is 13.2. The number of benzene rings is 1. The summed E-state index contributed by atoms with van der Waals surface area (Å²) in [6, 6.07) is 5.76. The summed E-state index contributed by atoms with van der Waals surface area (Å²) in [6.07, 6.45) is 2.07. The van der Waals surface area contributed by atoms with Crippen LogP contribution in [0, 0.1) is 0 Å². The number of fused-ring (bicyclic) bond motifs is 1. The van der Waals surface area contributed by atoms with Crippen LogP contribution < -0.4 is 5.32 Å². The van der Waals surface area contributed by atoms with Crippen molar-refractivity contribution in [3.8, 4) is 0 Å². The molecule has 5 heteroatoms. The average molecular weight is 275 g/mol. The van der Waals surface area contributed by atoms with Crippen molar-refractivity contribution in [2.75, 3.05) is 39.5 Å². The minimum absolute atomic E-state index is 0.0846. The van der Waals surface area contributed by atoms with Crippen LogP contribution in [0.3, 0.4) is 0 Å². The lowest BCUT2D eigenvalue weighted by atomic mass is 9.99. The third kappa shape index (κ3) is 2.92. The SMILES string of the molecule is CN(C)C(=O)CN(C)C(=O)c1cccc2c1NCCC2. The van der Waals surface area contributed by atoms with Crippen molar-refractivity contribution < 1.29 is 9.59 Å². The molecule has 1 aromatic carbocycles. The standard InChI is InChI=1S/C15H21N3O2/c1-17(2)13(19)10-18(3)15(20)12-8-4-6-11-7-5-9-16-14(11)12/h4,6,8,16H,5,7,9-10H2,1-3H3. The number of carbonyl (C=O) groups excluding carboxylic acids is 2. The zero-order chi connectivity index (χ0) is 14.7. The second-order valence-corrected chi connectivity index (χ2v) is 5.32. The minimum Gasteiger partial charge on any atom is -0.384 e. The van der Waals surface area contributed by atoms with Gasteiger partial charge in [0.25, 0.3) is 5.91 Å². The lowest BCUT2D eigenvalue weighted by molar-refractivity contribution is -0.129. The van der Waals surface area contributed by atoms with Gasteiger partial charge in [-0.2, -0.15) is 0 Å². The number of rotatable bonds is 3. The van der Waals surface area contributed by atoms with Gasteiger partial charge in [0, 0.05) is 27.7 Å². The molecular weight excluding hydrogens is 254 g/mol. The van der Waals surface area contributed by atoms with Crippen LogP contribution >= 0.6 is 0 Å². The monoisotopic (exact) mass is 275 g/mol. The number of nitrogens with one attached hydrogen (secondary N) is 1. The van der Waals surface area contributed by atoms with Gasteiger partial charge in [-0.1, -0.05) is 12.1 Å². The summed E-state index contributed by atoms with van der Waals surface area (Å²) in [5.74, 6) is -0.204. The van der Waals surface area contributed by atoms with Crippen LogP contribution in [0.15, 0.2) is 18.2 Å². The molecule has 0 saturated carbocycles. The van der Waals surface area contributed by atoms with Gasteiger partial charge in [-0.05, 0) is 24.5 Å². The highest BCUT2D eigenvalue weighted by atomic mass is 16.2. The van der Waals surface area contributed by atoms with Gasteiger partial charge in [0.05, 0.1) is 17.8 Å². The number of aryl methyl sites for hydroxylation is 1. The maximum Gasteiger partial charge on any atom is 0.256 e. The molecule has 1 aliphatic rings. The molecule has 108 valence electrons. The molecule has 2 rings (SSSR count). The van der Waals surface area contributed by atoms with E-state index in [1.54, 1.807) is 21.1 Å². The molecule has 0 unspecified atom stereocenters. The van der Waals surface area contributed by atoms with Gasteiger partial charge >= 0.3 is 0 Å². The Labute approximate surface area is 119 Å². The van der Waals surface area contributed by atoms with Crippen LogP contribution in [0.25, 0.3) is 0 Å². The molecule has 1 heterocycles. The molecule has 0 saturated heterocycles. The van der Waals surface area contributed by atoms with Crippen molar-refractivity contribution >= 4 is 17.5 Å². The van der Waals surface area contributed by atoms with E-state index in [9.17, 15) is 9.59 Å². The van der Waals surface area contributed by atoms with Crippen LogP contribution in [-0.4, -0.2) is 55.8 Å². The van der Waals surface area contributed by atoms with Gasteiger partial charge in [-0.3, -0.25) is 9.59 Å². The number of carbonyl (C=O) groups is 2. The van der Waals surface area contributed by atoms with Gasteiger partial charge in [0.1, 0.15) is 0 Å². The van der Waals surface area contributed by atoms with E-state index in [0.717, 1.165) is 25.1 Å². The van der Waals surface area contributed by atoms with Crippen molar-refractivity contribution in [3.05, 3.63) is 29.3 Å². The van der Waals surface area contributed by atoms with Crippen molar-refractivity contribution in [2.24, 2.45) is 0 Å². The van der Waals surface area contributed by atoms with Gasteiger partial charge in [0.15, 0.2) is 0 Å². The number of nitrogens with zero attached hydrogens (tertiary/aromatic N) is 2. The van der Waals surface area contributed by atoms with Crippen molar-refractivity contribution in [1.82, 2.24) is 9.80 Å². The Morgan fingerprint density at radius 2 is 2.00 bits per heavy atom. The fourth-order valence-corrected chi connectivity index (χ4v) is 2.31. The van der Waals surface area contributed by atoms with Crippen molar-refractivity contribution in [3.63, 3.8) is 0 Å². The number of hydrogen-bond donors (Lipinski definition) is 1. The summed E-state index contributed by atoms with van der Waals surface area (Å²) in [5, 5.41) is 3.30. The second kappa shape index (κ2) is 5.94. The van der Waals surface area contributed by atoms with E-state index in [2.05, 4.69) is 5.32 Å². The predicted octanol–water partition coefficient (Wildman–Crippen LogP) is 1.20. The van der Waals surface area contributed by atoms with Gasteiger partial charge in [0.2, 0.25) is 5.91 Å². The first-order valence-corrected chi connectivity index (χ1v) is 6.82. The summed E-state index contributed by atoms with van der Waals surface area (Å²) in [6.45, 7) is 0.979. The van der Waals surface area contributed by atoms with E-state index in [4.69, 9.17) is 0 Å². The third-order valence-electron chi connectivity index (χ3n) is 3.52. The third-order valence-corrected chi connectivity index (χ3v) is 3.52. The van der Waals surface area contributed by atoms with E-state index in [1.807, 2.05) is 18.2 Å². The van der Waals surface area contributed by atoms with Crippen LogP contribution in [0.1, 0.15) is 22.3 Å². The zero-order valence-electron chi connectivity index (χ0n) is 12.3. The summed E-state index contributed by atoms with van der Waals surface area (Å²) in [4.78, 5) is 27.1. The fraction of sp³-hybridized carbons (Fsp3) is 0.467. The van der Waals surface area contributed by atoms with Crippen LogP contribution in [0.4, 0.5) is 5.69 Å². The number of hydrogen-bond acceptors (Lipinski definition) is 3. The first-order chi connectivity index (χ1) is 9.50. The Morgan fingerprint density at radius 1 is 1.25 bits per heavy atom. The summed E-state index contributed by atoms with van der Waals surface area (Å²) in [7, 11) is 5.03. The number of anilines is 1. The molecule has 5 nitrogen and oxygen atoms in total. The Morgan fingerprint density at radius 3 is 2.70 bits per heavy atom. The van der Waals surface area contributed by atoms with Crippen molar-refractivity contribution in [1.29, 1.82) is 0 Å². The van der Waals surface area contributed by atoms with Crippen LogP contribution in [-0.2, 0) is 11.2 Å². The highest BCUT2D eigenvalue weighted by molar-refractivity contribution is 6.01. The fourth-order valence-electron chi connectivity index (χ4n) is 2.31. The number of para-hydroxylation sites is 1. The molecule has 0 aliphatic carbocycles. The van der Waals surface area contributed by atoms with E-state index in [-0.39, 0.29) is 18.4 Å². The van der Waals surface area contributed by atoms with E-state index in [1.165, 1.54) is 15.4 Å².